The molecule has 6 heteroatoms. The van der Waals surface area contributed by atoms with E-state index in [0.717, 1.165) is 5.69 Å². The van der Waals surface area contributed by atoms with E-state index in [1.807, 2.05) is 23.4 Å². The molecular formula is C14H22N4O2. The first-order valence-electron chi connectivity index (χ1n) is 6.94. The number of nitrogens with zero attached hydrogens (tertiary/aromatic N) is 4. The van der Waals surface area contributed by atoms with Crippen molar-refractivity contribution in [3.63, 3.8) is 0 Å². The van der Waals surface area contributed by atoms with Crippen molar-refractivity contribution in [1.82, 2.24) is 19.6 Å². The summed E-state index contributed by atoms with van der Waals surface area (Å²) in [6.45, 7) is 5.94. The van der Waals surface area contributed by atoms with Gasteiger partial charge in [-0.1, -0.05) is 13.8 Å². The molecule has 0 fully saturated rings. The number of rotatable bonds is 3. The third kappa shape index (κ3) is 3.00. The summed E-state index contributed by atoms with van der Waals surface area (Å²) < 4.78 is 1.83. The highest BCUT2D eigenvalue weighted by molar-refractivity contribution is 5.92. The van der Waals surface area contributed by atoms with E-state index in [4.69, 9.17) is 0 Å². The van der Waals surface area contributed by atoms with E-state index in [0.29, 0.717) is 37.7 Å². The molecule has 0 aromatic carbocycles. The second kappa shape index (κ2) is 5.64. The average molecular weight is 278 g/mol. The van der Waals surface area contributed by atoms with Gasteiger partial charge in [-0.3, -0.25) is 14.3 Å². The van der Waals surface area contributed by atoms with E-state index in [1.165, 1.54) is 4.90 Å². The molecule has 6 nitrogen and oxygen atoms in total. The fraction of sp³-hybridized carbons (Fsp3) is 0.643. The van der Waals surface area contributed by atoms with E-state index in [9.17, 15) is 9.59 Å². The predicted octanol–water partition coefficient (Wildman–Crippen LogP) is 0.973. The number of carbonyl (C=O) groups is 2. The molecule has 1 aliphatic rings. The quantitative estimate of drug-likeness (QED) is 0.828. The average Bonchev–Trinajstić information content (AvgIpc) is 2.79. The van der Waals surface area contributed by atoms with Crippen molar-refractivity contribution in [3.8, 4) is 0 Å². The van der Waals surface area contributed by atoms with Crippen molar-refractivity contribution in [2.24, 2.45) is 5.92 Å². The first kappa shape index (κ1) is 14.6. The summed E-state index contributed by atoms with van der Waals surface area (Å²) in [6, 6.07) is 1.79. The maximum Gasteiger partial charge on any atom is 0.273 e. The highest BCUT2D eigenvalue weighted by atomic mass is 16.2. The number of hydrogen-bond donors (Lipinski definition) is 0. The molecule has 0 radical (unpaired) electrons. The Hall–Kier alpha value is -1.85. The van der Waals surface area contributed by atoms with Crippen LogP contribution in [0.2, 0.25) is 0 Å². The zero-order valence-electron chi connectivity index (χ0n) is 12.6. The van der Waals surface area contributed by atoms with Crippen LogP contribution in [0.25, 0.3) is 0 Å². The summed E-state index contributed by atoms with van der Waals surface area (Å²) in [5.74, 6) is 0.431. The van der Waals surface area contributed by atoms with Gasteiger partial charge >= 0.3 is 0 Å². The molecule has 1 aromatic rings. The van der Waals surface area contributed by atoms with Crippen LogP contribution in [0.4, 0.5) is 0 Å². The Balaban J connectivity index is 2.11. The molecule has 110 valence electrons. The lowest BCUT2D eigenvalue weighted by Gasteiger charge is -2.28. The van der Waals surface area contributed by atoms with Gasteiger partial charge in [0.1, 0.15) is 0 Å². The van der Waals surface area contributed by atoms with Crippen LogP contribution in [0, 0.1) is 5.92 Å². The van der Waals surface area contributed by atoms with Gasteiger partial charge in [0, 0.05) is 27.1 Å². The Morgan fingerprint density at radius 1 is 1.35 bits per heavy atom. The summed E-state index contributed by atoms with van der Waals surface area (Å²) in [5, 5.41) is 4.31. The molecule has 0 N–H and O–H groups in total. The first-order chi connectivity index (χ1) is 9.38. The van der Waals surface area contributed by atoms with Crippen LogP contribution in [0.5, 0.6) is 0 Å². The summed E-state index contributed by atoms with van der Waals surface area (Å²) in [6.07, 6.45) is 0.567. The Morgan fingerprint density at radius 3 is 2.65 bits per heavy atom. The van der Waals surface area contributed by atoms with Crippen molar-refractivity contribution < 1.29 is 9.59 Å². The van der Waals surface area contributed by atoms with Crippen LogP contribution in [0.1, 0.15) is 36.5 Å². The van der Waals surface area contributed by atoms with Crippen LogP contribution >= 0.6 is 0 Å². The summed E-state index contributed by atoms with van der Waals surface area (Å²) >= 11 is 0. The molecule has 0 aliphatic carbocycles. The highest BCUT2D eigenvalue weighted by Gasteiger charge is 2.24. The third-order valence-electron chi connectivity index (χ3n) is 3.36. The largest absolute Gasteiger partial charge is 0.343 e. The smallest absolute Gasteiger partial charge is 0.273 e. The van der Waals surface area contributed by atoms with Gasteiger partial charge in [0.15, 0.2) is 5.69 Å². The third-order valence-corrected chi connectivity index (χ3v) is 3.36. The molecular weight excluding hydrogens is 256 g/mol. The molecule has 0 saturated heterocycles. The van der Waals surface area contributed by atoms with Crippen molar-refractivity contribution in [3.05, 3.63) is 17.5 Å². The van der Waals surface area contributed by atoms with E-state index in [2.05, 4.69) is 5.10 Å². The number of aromatic nitrogens is 2. The Morgan fingerprint density at radius 2 is 2.05 bits per heavy atom. The maximum absolute atomic E-state index is 12.1. The summed E-state index contributed by atoms with van der Waals surface area (Å²) in [4.78, 5) is 27.3. The van der Waals surface area contributed by atoms with Gasteiger partial charge in [0.25, 0.3) is 5.91 Å². The number of hydrogen-bond acceptors (Lipinski definition) is 3. The molecule has 1 aromatic heterocycles. The van der Waals surface area contributed by atoms with Gasteiger partial charge in [-0.2, -0.15) is 5.10 Å². The van der Waals surface area contributed by atoms with E-state index >= 15 is 0 Å². The Labute approximate surface area is 119 Å². The monoisotopic (exact) mass is 278 g/mol. The lowest BCUT2D eigenvalue weighted by Crippen LogP contribution is -2.38. The SMILES string of the molecule is CC(C)CC(=O)N1CCn2nc(C(=O)N(C)C)cc2C1. The minimum absolute atomic E-state index is 0.105. The maximum atomic E-state index is 12.1. The lowest BCUT2D eigenvalue weighted by atomic mass is 10.1. The van der Waals surface area contributed by atoms with E-state index < -0.39 is 0 Å². The van der Waals surface area contributed by atoms with Crippen LogP contribution in [0.15, 0.2) is 6.07 Å². The van der Waals surface area contributed by atoms with Crippen LogP contribution in [-0.4, -0.2) is 52.0 Å². The topological polar surface area (TPSA) is 58.4 Å². The second-order valence-corrected chi connectivity index (χ2v) is 5.86. The zero-order valence-corrected chi connectivity index (χ0v) is 12.6. The second-order valence-electron chi connectivity index (χ2n) is 5.86. The summed E-state index contributed by atoms with van der Waals surface area (Å²) in [7, 11) is 3.41. The number of amides is 2. The van der Waals surface area contributed by atoms with Gasteiger partial charge in [0.2, 0.25) is 5.91 Å². The molecule has 0 unspecified atom stereocenters. The van der Waals surface area contributed by atoms with Crippen molar-refractivity contribution in [1.29, 1.82) is 0 Å². The van der Waals surface area contributed by atoms with Crippen molar-refractivity contribution >= 4 is 11.8 Å². The van der Waals surface area contributed by atoms with Crippen molar-refractivity contribution in [2.75, 3.05) is 20.6 Å². The van der Waals surface area contributed by atoms with E-state index in [-0.39, 0.29) is 11.8 Å². The molecule has 2 heterocycles. The standard InChI is InChI=1S/C14H22N4O2/c1-10(2)7-13(19)17-5-6-18-11(9-17)8-12(15-18)14(20)16(3)4/h8,10H,5-7,9H2,1-4H3. The number of carbonyl (C=O) groups excluding carboxylic acids is 2. The molecule has 1 aliphatic heterocycles. The van der Waals surface area contributed by atoms with Crippen LogP contribution < -0.4 is 0 Å². The molecule has 2 amide bonds. The molecule has 0 atom stereocenters. The molecule has 0 bridgehead atoms. The summed E-state index contributed by atoms with van der Waals surface area (Å²) in [5.41, 5.74) is 1.38. The van der Waals surface area contributed by atoms with Gasteiger partial charge < -0.3 is 9.80 Å². The fourth-order valence-corrected chi connectivity index (χ4v) is 2.29. The minimum atomic E-state index is -0.105. The normalized spacial score (nSPS) is 14.3. The van der Waals surface area contributed by atoms with E-state index in [1.54, 1.807) is 20.2 Å². The molecule has 2 rings (SSSR count). The number of fused-ring (bicyclic) bond motifs is 1. The van der Waals surface area contributed by atoms with Crippen LogP contribution in [-0.2, 0) is 17.9 Å². The minimum Gasteiger partial charge on any atom is -0.343 e. The molecule has 0 spiro atoms. The fourth-order valence-electron chi connectivity index (χ4n) is 2.29. The molecule has 0 saturated carbocycles. The highest BCUT2D eigenvalue weighted by Crippen LogP contribution is 2.16. The first-order valence-corrected chi connectivity index (χ1v) is 6.94. The van der Waals surface area contributed by atoms with Gasteiger partial charge in [-0.25, -0.2) is 0 Å². The predicted molar refractivity (Wildman–Crippen MR) is 75.1 cm³/mol. The molecule has 20 heavy (non-hydrogen) atoms. The van der Waals surface area contributed by atoms with Crippen LogP contribution in [0.3, 0.4) is 0 Å². The van der Waals surface area contributed by atoms with Gasteiger partial charge in [0.05, 0.1) is 18.8 Å². The Kier molecular flexibility index (Phi) is 4.11. The van der Waals surface area contributed by atoms with Gasteiger partial charge in [-0.15, -0.1) is 0 Å². The lowest BCUT2D eigenvalue weighted by molar-refractivity contribution is -0.133. The zero-order chi connectivity index (χ0) is 14.9. The van der Waals surface area contributed by atoms with Gasteiger partial charge in [-0.05, 0) is 12.0 Å². The van der Waals surface area contributed by atoms with Crippen molar-refractivity contribution in [2.45, 2.75) is 33.4 Å². The Bertz CT molecular complexity index is 519.